The van der Waals surface area contributed by atoms with Gasteiger partial charge in [-0.15, -0.1) is 0 Å². The summed E-state index contributed by atoms with van der Waals surface area (Å²) >= 11 is 0. The average Bonchev–Trinajstić information content (AvgIpc) is 3.33. The van der Waals surface area contributed by atoms with Crippen LogP contribution in [0.4, 0.5) is 0 Å². The van der Waals surface area contributed by atoms with Gasteiger partial charge in [-0.3, -0.25) is 9.67 Å². The molecule has 0 bridgehead atoms. The van der Waals surface area contributed by atoms with E-state index in [4.69, 9.17) is 14.7 Å². The number of aliphatic imine (C=N–C) groups is 1. The number of guanidine groups is 1. The number of fused-ring (bicyclic) bond motifs is 1. The molecule has 1 N–H and O–H groups in total. The number of nitrogens with one attached hydrogen (secondary N) is 1. The molecule has 1 unspecified atom stereocenters. The molecule has 0 aliphatic carbocycles. The zero-order valence-corrected chi connectivity index (χ0v) is 17.0. The molecule has 4 rings (SSSR count). The van der Waals surface area contributed by atoms with E-state index in [1.54, 1.807) is 0 Å². The maximum atomic E-state index is 5.97. The minimum atomic E-state index is 0.0335. The molecule has 1 atom stereocenters. The molecule has 0 radical (unpaired) electrons. The maximum Gasteiger partial charge on any atom is 0.194 e. The molecule has 2 aliphatic heterocycles. The van der Waals surface area contributed by atoms with Crippen LogP contribution in [0.2, 0.25) is 0 Å². The van der Waals surface area contributed by atoms with E-state index in [2.05, 4.69) is 33.0 Å². The molecule has 0 amide bonds. The largest absolute Gasteiger partial charge is 0.370 e. The number of aryl methyl sites for hydroxylation is 3. The SMILES string of the molecule is CCNC(=NCCc1cn2c(n1)CCCC2)N1CCOC(c2cnn(C)c2)C1. The summed E-state index contributed by atoms with van der Waals surface area (Å²) in [6, 6.07) is 0. The van der Waals surface area contributed by atoms with Crippen molar-refractivity contribution < 1.29 is 4.74 Å². The number of aromatic nitrogens is 4. The Bertz CT molecular complexity index is 786. The summed E-state index contributed by atoms with van der Waals surface area (Å²) in [7, 11) is 1.93. The predicted molar refractivity (Wildman–Crippen MR) is 108 cm³/mol. The van der Waals surface area contributed by atoms with E-state index >= 15 is 0 Å². The zero-order chi connectivity index (χ0) is 19.3. The normalized spacial score (nSPS) is 20.3. The highest BCUT2D eigenvalue weighted by atomic mass is 16.5. The molecular weight excluding hydrogens is 354 g/mol. The lowest BCUT2D eigenvalue weighted by Crippen LogP contribution is -2.48. The Hall–Kier alpha value is -2.35. The Balaban J connectivity index is 1.38. The fourth-order valence-corrected chi connectivity index (χ4v) is 3.94. The summed E-state index contributed by atoms with van der Waals surface area (Å²) in [6.07, 6.45) is 10.7. The fraction of sp³-hybridized carbons (Fsp3) is 0.650. The van der Waals surface area contributed by atoms with Gasteiger partial charge in [-0.2, -0.15) is 5.10 Å². The number of hydrogen-bond donors (Lipinski definition) is 1. The lowest BCUT2D eigenvalue weighted by molar-refractivity contribution is -0.00803. The van der Waals surface area contributed by atoms with Crippen molar-refractivity contribution in [2.45, 2.75) is 45.3 Å². The smallest absolute Gasteiger partial charge is 0.194 e. The molecule has 8 nitrogen and oxygen atoms in total. The Morgan fingerprint density at radius 1 is 1.32 bits per heavy atom. The van der Waals surface area contributed by atoms with Crippen LogP contribution in [0.5, 0.6) is 0 Å². The van der Waals surface area contributed by atoms with Crippen LogP contribution >= 0.6 is 0 Å². The lowest BCUT2D eigenvalue weighted by Gasteiger charge is -2.34. The summed E-state index contributed by atoms with van der Waals surface area (Å²) in [5.41, 5.74) is 2.28. The topological polar surface area (TPSA) is 72.5 Å². The van der Waals surface area contributed by atoms with Gasteiger partial charge in [0, 0.05) is 64.0 Å². The molecule has 2 aromatic rings. The van der Waals surface area contributed by atoms with Crippen LogP contribution in [0.25, 0.3) is 0 Å². The van der Waals surface area contributed by atoms with Crippen LogP contribution in [0.15, 0.2) is 23.6 Å². The van der Waals surface area contributed by atoms with Crippen LogP contribution in [0.3, 0.4) is 0 Å². The quantitative estimate of drug-likeness (QED) is 0.624. The highest BCUT2D eigenvalue weighted by Gasteiger charge is 2.25. The number of rotatable bonds is 5. The first kappa shape index (κ1) is 19.0. The van der Waals surface area contributed by atoms with E-state index in [0.717, 1.165) is 62.8 Å². The van der Waals surface area contributed by atoms with Crippen molar-refractivity contribution >= 4 is 5.96 Å². The van der Waals surface area contributed by atoms with Gasteiger partial charge in [0.15, 0.2) is 5.96 Å². The van der Waals surface area contributed by atoms with Gasteiger partial charge < -0.3 is 19.5 Å². The van der Waals surface area contributed by atoms with Crippen molar-refractivity contribution in [3.8, 4) is 0 Å². The van der Waals surface area contributed by atoms with Crippen LogP contribution in [0, 0.1) is 0 Å². The van der Waals surface area contributed by atoms with E-state index in [-0.39, 0.29) is 6.10 Å². The second-order valence-electron chi connectivity index (χ2n) is 7.54. The summed E-state index contributed by atoms with van der Waals surface area (Å²) in [5.74, 6) is 2.20. The highest BCUT2D eigenvalue weighted by Crippen LogP contribution is 2.21. The van der Waals surface area contributed by atoms with E-state index in [0.29, 0.717) is 6.61 Å². The van der Waals surface area contributed by atoms with E-state index in [9.17, 15) is 0 Å². The first-order valence-electron chi connectivity index (χ1n) is 10.4. The highest BCUT2D eigenvalue weighted by molar-refractivity contribution is 5.80. The van der Waals surface area contributed by atoms with Gasteiger partial charge in [0.2, 0.25) is 0 Å². The van der Waals surface area contributed by atoms with Gasteiger partial charge >= 0.3 is 0 Å². The monoisotopic (exact) mass is 385 g/mol. The first-order valence-corrected chi connectivity index (χ1v) is 10.4. The molecule has 8 heteroatoms. The number of hydrogen-bond acceptors (Lipinski definition) is 4. The third kappa shape index (κ3) is 4.38. The van der Waals surface area contributed by atoms with Crippen molar-refractivity contribution in [1.29, 1.82) is 0 Å². The molecule has 2 aromatic heterocycles. The van der Waals surface area contributed by atoms with Crippen molar-refractivity contribution in [1.82, 2.24) is 29.5 Å². The third-order valence-electron chi connectivity index (χ3n) is 5.39. The van der Waals surface area contributed by atoms with Gasteiger partial charge in [-0.1, -0.05) is 0 Å². The molecule has 0 spiro atoms. The number of nitrogens with zero attached hydrogens (tertiary/aromatic N) is 6. The van der Waals surface area contributed by atoms with Gasteiger partial charge in [-0.25, -0.2) is 4.98 Å². The molecule has 2 aliphatic rings. The Morgan fingerprint density at radius 3 is 3.04 bits per heavy atom. The molecule has 0 saturated carbocycles. The van der Waals surface area contributed by atoms with Crippen molar-refractivity contribution in [3.63, 3.8) is 0 Å². The minimum absolute atomic E-state index is 0.0335. The second-order valence-corrected chi connectivity index (χ2v) is 7.54. The lowest BCUT2D eigenvalue weighted by atomic mass is 10.1. The molecule has 1 fully saturated rings. The van der Waals surface area contributed by atoms with Crippen molar-refractivity contribution in [2.24, 2.45) is 12.0 Å². The van der Waals surface area contributed by atoms with Crippen LogP contribution in [0.1, 0.15) is 43.0 Å². The van der Waals surface area contributed by atoms with E-state index < -0.39 is 0 Å². The summed E-state index contributed by atoms with van der Waals surface area (Å²) in [5, 5.41) is 7.71. The van der Waals surface area contributed by atoms with Crippen LogP contribution in [-0.2, 0) is 31.2 Å². The van der Waals surface area contributed by atoms with Gasteiger partial charge in [0.25, 0.3) is 0 Å². The molecule has 152 valence electrons. The van der Waals surface area contributed by atoms with E-state index in [1.807, 2.05) is 24.1 Å². The zero-order valence-electron chi connectivity index (χ0n) is 17.0. The Morgan fingerprint density at radius 2 is 2.25 bits per heavy atom. The average molecular weight is 386 g/mol. The Labute approximate surface area is 166 Å². The molecule has 0 aromatic carbocycles. The molecule has 28 heavy (non-hydrogen) atoms. The molecule has 4 heterocycles. The minimum Gasteiger partial charge on any atom is -0.370 e. The summed E-state index contributed by atoms with van der Waals surface area (Å²) in [4.78, 5) is 12.0. The van der Waals surface area contributed by atoms with Crippen LogP contribution < -0.4 is 5.32 Å². The second kappa shape index (κ2) is 8.77. The molecular formula is C20H31N7O. The number of ether oxygens (including phenoxy) is 1. The predicted octanol–water partition coefficient (Wildman–Crippen LogP) is 1.53. The maximum absolute atomic E-state index is 5.97. The fourth-order valence-electron chi connectivity index (χ4n) is 3.94. The summed E-state index contributed by atoms with van der Waals surface area (Å²) in [6.45, 7) is 7.14. The van der Waals surface area contributed by atoms with Gasteiger partial charge in [0.1, 0.15) is 11.9 Å². The Kier molecular flexibility index (Phi) is 5.95. The van der Waals surface area contributed by atoms with Crippen molar-refractivity contribution in [2.75, 3.05) is 32.8 Å². The van der Waals surface area contributed by atoms with Crippen molar-refractivity contribution in [3.05, 3.63) is 35.7 Å². The third-order valence-corrected chi connectivity index (χ3v) is 5.39. The number of morpholine rings is 1. The van der Waals surface area contributed by atoms with Crippen LogP contribution in [-0.4, -0.2) is 63.0 Å². The molecule has 1 saturated heterocycles. The standard InChI is InChI=1S/C20H31N7O/c1-3-21-20(22-8-7-17-14-26-9-5-4-6-19(26)24-17)27-10-11-28-18(15-27)16-12-23-25(2)13-16/h12-14,18H,3-11,15H2,1-2H3,(H,21,22). The van der Waals surface area contributed by atoms with Gasteiger partial charge in [-0.05, 0) is 19.8 Å². The number of imidazole rings is 1. The van der Waals surface area contributed by atoms with E-state index in [1.165, 1.54) is 18.7 Å². The van der Waals surface area contributed by atoms with Gasteiger partial charge in [0.05, 0.1) is 25.0 Å². The first-order chi connectivity index (χ1) is 13.7. The summed E-state index contributed by atoms with van der Waals surface area (Å²) < 4.78 is 10.1.